The summed E-state index contributed by atoms with van der Waals surface area (Å²) in [5.41, 5.74) is 0.368. The second-order valence-electron chi connectivity index (χ2n) is 3.32. The Labute approximate surface area is 110 Å². The lowest BCUT2D eigenvalue weighted by Crippen LogP contribution is -2.17. The first-order valence-electron chi connectivity index (χ1n) is 5.19. The van der Waals surface area contributed by atoms with Gasteiger partial charge in [0.05, 0.1) is 22.9 Å². The molecule has 0 bridgehead atoms. The van der Waals surface area contributed by atoms with Crippen LogP contribution in [0, 0.1) is 0 Å². The molecule has 1 heterocycles. The average molecular weight is 290 g/mol. The third-order valence-electron chi connectivity index (χ3n) is 1.87. The van der Waals surface area contributed by atoms with Crippen LogP contribution in [-0.2, 0) is 14.8 Å². The first-order chi connectivity index (χ1) is 8.42. The van der Waals surface area contributed by atoms with Gasteiger partial charge in [0.1, 0.15) is 0 Å². The normalized spacial score (nSPS) is 11.2. The van der Waals surface area contributed by atoms with E-state index in [1.54, 1.807) is 19.1 Å². The number of rotatable bonds is 6. The molecule has 100 valence electrons. The summed E-state index contributed by atoms with van der Waals surface area (Å²) in [7, 11) is -3.45. The number of hydrogen-bond donors (Lipinski definition) is 1. The fourth-order valence-corrected chi connectivity index (χ4v) is 2.83. The van der Waals surface area contributed by atoms with Crippen molar-refractivity contribution in [1.82, 2.24) is 4.98 Å². The van der Waals surface area contributed by atoms with Crippen LogP contribution in [0.1, 0.15) is 17.3 Å². The largest absolute Gasteiger partial charge is 0.462 e. The Kier molecular flexibility index (Phi) is 5.57. The number of primary sulfonamides is 1. The predicted molar refractivity (Wildman–Crippen MR) is 68.9 cm³/mol. The highest BCUT2D eigenvalue weighted by Gasteiger charge is 2.07. The minimum absolute atomic E-state index is 0.112. The number of ether oxygens (including phenoxy) is 1. The molecule has 18 heavy (non-hydrogen) atoms. The van der Waals surface area contributed by atoms with Crippen LogP contribution in [-0.4, -0.2) is 37.5 Å². The third kappa shape index (κ3) is 5.48. The molecule has 8 heteroatoms. The van der Waals surface area contributed by atoms with Crippen LogP contribution < -0.4 is 5.14 Å². The molecule has 2 N–H and O–H groups in total. The first-order valence-corrected chi connectivity index (χ1v) is 7.89. The van der Waals surface area contributed by atoms with Crippen molar-refractivity contribution < 1.29 is 17.9 Å². The van der Waals surface area contributed by atoms with Gasteiger partial charge in [0, 0.05) is 11.9 Å². The van der Waals surface area contributed by atoms with Crippen molar-refractivity contribution in [3.63, 3.8) is 0 Å². The molecule has 0 aromatic carbocycles. The molecule has 0 saturated carbocycles. The maximum absolute atomic E-state index is 11.3. The lowest BCUT2D eigenvalue weighted by atomic mass is 10.3. The fourth-order valence-electron chi connectivity index (χ4n) is 1.06. The monoisotopic (exact) mass is 290 g/mol. The van der Waals surface area contributed by atoms with E-state index in [-0.39, 0.29) is 5.75 Å². The number of nitrogens with two attached hydrogens (primary N) is 1. The smallest absolute Gasteiger partial charge is 0.339 e. The number of aromatic nitrogens is 1. The van der Waals surface area contributed by atoms with Crippen molar-refractivity contribution in [1.29, 1.82) is 0 Å². The number of nitrogens with zero attached hydrogens (tertiary/aromatic N) is 1. The lowest BCUT2D eigenvalue weighted by molar-refractivity contribution is 0.0525. The molecule has 1 aromatic rings. The zero-order chi connectivity index (χ0) is 13.6. The number of esters is 1. The zero-order valence-electron chi connectivity index (χ0n) is 9.83. The van der Waals surface area contributed by atoms with Crippen LogP contribution in [0.4, 0.5) is 0 Å². The second-order valence-corrected chi connectivity index (χ2v) is 6.17. The van der Waals surface area contributed by atoms with Crippen LogP contribution in [0.25, 0.3) is 0 Å². The number of sulfonamides is 1. The number of carbonyl (C=O) groups is 1. The van der Waals surface area contributed by atoms with Gasteiger partial charge in [-0.05, 0) is 19.1 Å². The van der Waals surface area contributed by atoms with Gasteiger partial charge in [0.25, 0.3) is 0 Å². The van der Waals surface area contributed by atoms with E-state index in [1.165, 1.54) is 18.0 Å². The Balaban J connectivity index is 2.53. The molecule has 1 aromatic heterocycles. The molecule has 0 fully saturated rings. The van der Waals surface area contributed by atoms with Crippen molar-refractivity contribution >= 4 is 27.8 Å². The minimum atomic E-state index is -3.45. The van der Waals surface area contributed by atoms with Gasteiger partial charge in [0.15, 0.2) is 0 Å². The molecule has 0 saturated heterocycles. The SMILES string of the molecule is CCOC(=O)c1ccc(SCCS(N)(=O)=O)nc1. The molecule has 1 rings (SSSR count). The molecule has 0 amide bonds. The number of pyridine rings is 1. The molecule has 0 aliphatic carbocycles. The Hall–Kier alpha value is -1.12. The molecular formula is C10H14N2O4S2. The number of carbonyl (C=O) groups excluding carboxylic acids is 1. The summed E-state index contributed by atoms with van der Waals surface area (Å²) in [6.45, 7) is 2.03. The van der Waals surface area contributed by atoms with Gasteiger partial charge in [-0.1, -0.05) is 0 Å². The summed E-state index contributed by atoms with van der Waals surface area (Å²) in [6.07, 6.45) is 1.40. The number of thioether (sulfide) groups is 1. The van der Waals surface area contributed by atoms with E-state index in [4.69, 9.17) is 9.88 Å². The van der Waals surface area contributed by atoms with Crippen molar-refractivity contribution in [3.8, 4) is 0 Å². The minimum Gasteiger partial charge on any atom is -0.462 e. The molecule has 0 atom stereocenters. The van der Waals surface area contributed by atoms with E-state index < -0.39 is 16.0 Å². The van der Waals surface area contributed by atoms with Gasteiger partial charge in [0.2, 0.25) is 10.0 Å². The molecule has 0 unspecified atom stereocenters. The summed E-state index contributed by atoms with van der Waals surface area (Å²) in [4.78, 5) is 15.4. The molecule has 0 aliphatic heterocycles. The van der Waals surface area contributed by atoms with Crippen molar-refractivity contribution in [3.05, 3.63) is 23.9 Å². The van der Waals surface area contributed by atoms with Crippen LogP contribution >= 0.6 is 11.8 Å². The predicted octanol–water partition coefficient (Wildman–Crippen LogP) is 0.639. The zero-order valence-corrected chi connectivity index (χ0v) is 11.5. The Morgan fingerprint density at radius 3 is 2.72 bits per heavy atom. The van der Waals surface area contributed by atoms with Gasteiger partial charge < -0.3 is 4.74 Å². The van der Waals surface area contributed by atoms with E-state index in [0.29, 0.717) is 22.9 Å². The maximum atomic E-state index is 11.3. The average Bonchev–Trinajstić information content (AvgIpc) is 2.28. The highest BCUT2D eigenvalue weighted by atomic mass is 32.2. The molecular weight excluding hydrogens is 276 g/mol. The summed E-state index contributed by atoms with van der Waals surface area (Å²) in [5, 5.41) is 5.51. The van der Waals surface area contributed by atoms with E-state index in [9.17, 15) is 13.2 Å². The first kappa shape index (κ1) is 14.9. The van der Waals surface area contributed by atoms with Gasteiger partial charge in [-0.3, -0.25) is 0 Å². The fraction of sp³-hybridized carbons (Fsp3) is 0.400. The molecule has 0 radical (unpaired) electrons. The Bertz CT molecular complexity index is 499. The topological polar surface area (TPSA) is 99.4 Å². The Morgan fingerprint density at radius 2 is 2.22 bits per heavy atom. The summed E-state index contributed by atoms with van der Waals surface area (Å²) >= 11 is 1.26. The van der Waals surface area contributed by atoms with E-state index in [2.05, 4.69) is 4.98 Å². The summed E-state index contributed by atoms with van der Waals surface area (Å²) in [6, 6.07) is 3.23. The van der Waals surface area contributed by atoms with Crippen LogP contribution in [0.3, 0.4) is 0 Å². The standard InChI is InChI=1S/C10H14N2O4S2/c1-2-16-10(13)8-3-4-9(12-7-8)17-5-6-18(11,14)15/h3-4,7H,2,5-6H2,1H3,(H2,11,14,15). The van der Waals surface area contributed by atoms with Crippen LogP contribution in [0.2, 0.25) is 0 Å². The highest BCUT2D eigenvalue weighted by Crippen LogP contribution is 2.15. The lowest BCUT2D eigenvalue weighted by Gasteiger charge is -2.03. The van der Waals surface area contributed by atoms with Gasteiger partial charge in [-0.15, -0.1) is 11.8 Å². The number of hydrogen-bond acceptors (Lipinski definition) is 6. The van der Waals surface area contributed by atoms with Gasteiger partial charge >= 0.3 is 5.97 Å². The van der Waals surface area contributed by atoms with Crippen LogP contribution in [0.5, 0.6) is 0 Å². The van der Waals surface area contributed by atoms with Gasteiger partial charge in [-0.2, -0.15) is 0 Å². The van der Waals surface area contributed by atoms with Crippen LogP contribution in [0.15, 0.2) is 23.4 Å². The highest BCUT2D eigenvalue weighted by molar-refractivity contribution is 8.00. The van der Waals surface area contributed by atoms with Crippen molar-refractivity contribution in [2.45, 2.75) is 11.9 Å². The van der Waals surface area contributed by atoms with E-state index >= 15 is 0 Å². The molecule has 0 spiro atoms. The summed E-state index contributed by atoms with van der Waals surface area (Å²) < 4.78 is 26.3. The third-order valence-corrected chi connectivity index (χ3v) is 3.84. The second kappa shape index (κ2) is 6.72. The van der Waals surface area contributed by atoms with Crippen molar-refractivity contribution in [2.75, 3.05) is 18.1 Å². The van der Waals surface area contributed by atoms with E-state index in [0.717, 1.165) is 0 Å². The van der Waals surface area contributed by atoms with Gasteiger partial charge in [-0.25, -0.2) is 23.3 Å². The quantitative estimate of drug-likeness (QED) is 0.609. The molecule has 0 aliphatic rings. The van der Waals surface area contributed by atoms with Crippen molar-refractivity contribution in [2.24, 2.45) is 5.14 Å². The summed E-state index contributed by atoms with van der Waals surface area (Å²) in [5.74, 6) is -0.213. The maximum Gasteiger partial charge on any atom is 0.339 e. The Morgan fingerprint density at radius 1 is 1.50 bits per heavy atom. The van der Waals surface area contributed by atoms with E-state index in [1.807, 2.05) is 0 Å². The molecule has 6 nitrogen and oxygen atoms in total.